The van der Waals surface area contributed by atoms with E-state index in [-0.39, 0.29) is 11.8 Å². The van der Waals surface area contributed by atoms with Crippen LogP contribution in [-0.2, 0) is 17.6 Å². The van der Waals surface area contributed by atoms with Crippen molar-refractivity contribution in [3.8, 4) is 5.75 Å². The van der Waals surface area contributed by atoms with Gasteiger partial charge in [-0.15, -0.1) is 0 Å². The van der Waals surface area contributed by atoms with E-state index in [1.165, 1.54) is 11.1 Å². The molecule has 1 N–H and O–H groups in total. The van der Waals surface area contributed by atoms with Crippen LogP contribution in [-0.4, -0.2) is 20.1 Å². The fourth-order valence-corrected chi connectivity index (χ4v) is 2.99. The molecule has 1 atom stereocenters. The van der Waals surface area contributed by atoms with Gasteiger partial charge in [0.05, 0.1) is 13.0 Å². The molecule has 1 aromatic rings. The highest BCUT2D eigenvalue weighted by molar-refractivity contribution is 5.90. The molecule has 0 aromatic heterocycles. The number of nitrogens with one attached hydrogen (secondary N) is 1. The third-order valence-corrected chi connectivity index (χ3v) is 3.89. The summed E-state index contributed by atoms with van der Waals surface area (Å²) in [5.74, 6) is 0.831. The molecular weight excluding hydrogens is 238 g/mol. The van der Waals surface area contributed by atoms with Crippen molar-refractivity contribution in [1.29, 1.82) is 0 Å². The number of benzene rings is 1. The molecule has 0 spiro atoms. The third kappa shape index (κ3) is 1.86. The lowest BCUT2D eigenvalue weighted by Crippen LogP contribution is -2.30. The lowest BCUT2D eigenvalue weighted by molar-refractivity contribution is -0.123. The standard InChI is InChI=1S/C16H17NO2/c1-17-16(18)12-8-11-5-3-4-10-6-7-14(19-2)13(9-12)15(10)11/h3,5-8,12H,4,9H2,1-2H3,(H,17,18). The van der Waals surface area contributed by atoms with Gasteiger partial charge in [-0.1, -0.05) is 24.3 Å². The average Bonchev–Trinajstić information content (AvgIpc) is 2.47. The van der Waals surface area contributed by atoms with E-state index in [9.17, 15) is 4.79 Å². The van der Waals surface area contributed by atoms with Crippen molar-refractivity contribution >= 4 is 11.5 Å². The minimum atomic E-state index is -0.112. The first-order valence-corrected chi connectivity index (χ1v) is 6.53. The fraction of sp³-hybridized carbons (Fsp3) is 0.312. The maximum atomic E-state index is 11.9. The van der Waals surface area contributed by atoms with E-state index in [0.29, 0.717) is 6.42 Å². The summed E-state index contributed by atoms with van der Waals surface area (Å²) in [4.78, 5) is 11.9. The Hall–Kier alpha value is -2.03. The molecule has 2 aliphatic carbocycles. The van der Waals surface area contributed by atoms with Crippen LogP contribution in [0.15, 0.2) is 30.4 Å². The van der Waals surface area contributed by atoms with Crippen molar-refractivity contribution in [1.82, 2.24) is 5.32 Å². The molecule has 3 rings (SSSR count). The number of carbonyl (C=O) groups is 1. The predicted octanol–water partition coefficient (Wildman–Crippen LogP) is 2.11. The Morgan fingerprint density at radius 1 is 1.42 bits per heavy atom. The monoisotopic (exact) mass is 255 g/mol. The first-order chi connectivity index (χ1) is 9.24. The maximum absolute atomic E-state index is 11.9. The van der Waals surface area contributed by atoms with E-state index in [1.807, 2.05) is 6.07 Å². The van der Waals surface area contributed by atoms with Crippen LogP contribution in [0.5, 0.6) is 5.75 Å². The number of methoxy groups -OCH3 is 1. The van der Waals surface area contributed by atoms with Gasteiger partial charge >= 0.3 is 0 Å². The molecule has 0 radical (unpaired) electrons. The third-order valence-electron chi connectivity index (χ3n) is 3.89. The number of rotatable bonds is 2. The van der Waals surface area contributed by atoms with E-state index in [0.717, 1.165) is 23.3 Å². The zero-order valence-corrected chi connectivity index (χ0v) is 11.2. The van der Waals surface area contributed by atoms with E-state index < -0.39 is 0 Å². The molecule has 0 heterocycles. The van der Waals surface area contributed by atoms with Crippen LogP contribution < -0.4 is 10.1 Å². The number of hydrogen-bond donors (Lipinski definition) is 1. The molecule has 0 fully saturated rings. The van der Waals surface area contributed by atoms with Crippen molar-refractivity contribution in [2.75, 3.05) is 14.2 Å². The SMILES string of the molecule is CNC(=O)C1C=C2C=CCc3ccc(OC)c(c32)C1. The normalized spacial score (nSPS) is 19.5. The van der Waals surface area contributed by atoms with Gasteiger partial charge in [-0.3, -0.25) is 4.79 Å². The molecule has 0 bridgehead atoms. The number of ether oxygens (including phenoxy) is 1. The Labute approximate surface area is 113 Å². The van der Waals surface area contributed by atoms with Crippen LogP contribution in [0.4, 0.5) is 0 Å². The zero-order valence-electron chi connectivity index (χ0n) is 11.2. The summed E-state index contributed by atoms with van der Waals surface area (Å²) in [7, 11) is 3.37. The van der Waals surface area contributed by atoms with E-state index >= 15 is 0 Å². The first kappa shape index (κ1) is 12.0. The summed E-state index contributed by atoms with van der Waals surface area (Å²) in [6.45, 7) is 0. The fourth-order valence-electron chi connectivity index (χ4n) is 2.99. The molecule has 1 aromatic carbocycles. The van der Waals surface area contributed by atoms with Gasteiger partial charge in [-0.2, -0.15) is 0 Å². The van der Waals surface area contributed by atoms with Crippen molar-refractivity contribution in [2.24, 2.45) is 5.92 Å². The molecule has 98 valence electrons. The smallest absolute Gasteiger partial charge is 0.227 e. The lowest BCUT2D eigenvalue weighted by Gasteiger charge is -2.27. The number of amides is 1. The van der Waals surface area contributed by atoms with Crippen LogP contribution in [0, 0.1) is 5.92 Å². The van der Waals surface area contributed by atoms with Crippen LogP contribution in [0.3, 0.4) is 0 Å². The molecule has 19 heavy (non-hydrogen) atoms. The van der Waals surface area contributed by atoms with E-state index in [4.69, 9.17) is 4.74 Å². The van der Waals surface area contributed by atoms with Crippen molar-refractivity contribution in [3.63, 3.8) is 0 Å². The Morgan fingerprint density at radius 3 is 3.00 bits per heavy atom. The van der Waals surface area contributed by atoms with Crippen molar-refractivity contribution in [2.45, 2.75) is 12.8 Å². The van der Waals surface area contributed by atoms with Gasteiger partial charge in [0.25, 0.3) is 0 Å². The van der Waals surface area contributed by atoms with Crippen LogP contribution in [0.1, 0.15) is 16.7 Å². The zero-order chi connectivity index (χ0) is 13.4. The van der Waals surface area contributed by atoms with Gasteiger partial charge in [0.15, 0.2) is 0 Å². The van der Waals surface area contributed by atoms with Gasteiger partial charge in [-0.05, 0) is 35.6 Å². The molecule has 3 heteroatoms. The molecule has 1 unspecified atom stereocenters. The first-order valence-electron chi connectivity index (χ1n) is 6.53. The summed E-state index contributed by atoms with van der Waals surface area (Å²) in [5, 5.41) is 2.73. The second kappa shape index (κ2) is 4.57. The molecule has 3 nitrogen and oxygen atoms in total. The second-order valence-electron chi connectivity index (χ2n) is 4.93. The van der Waals surface area contributed by atoms with Crippen LogP contribution in [0.2, 0.25) is 0 Å². The van der Waals surface area contributed by atoms with Gasteiger partial charge in [0, 0.05) is 12.6 Å². The van der Waals surface area contributed by atoms with Gasteiger partial charge in [0.2, 0.25) is 5.91 Å². The highest BCUT2D eigenvalue weighted by Crippen LogP contribution is 2.40. The van der Waals surface area contributed by atoms with Gasteiger partial charge < -0.3 is 10.1 Å². The number of hydrogen-bond acceptors (Lipinski definition) is 2. The largest absolute Gasteiger partial charge is 0.496 e. The molecule has 0 aliphatic heterocycles. The summed E-state index contributed by atoms with van der Waals surface area (Å²) < 4.78 is 5.46. The highest BCUT2D eigenvalue weighted by atomic mass is 16.5. The van der Waals surface area contributed by atoms with Crippen molar-refractivity contribution in [3.05, 3.63) is 47.1 Å². The Kier molecular flexibility index (Phi) is 2.90. The van der Waals surface area contributed by atoms with Gasteiger partial charge in [-0.25, -0.2) is 0 Å². The Balaban J connectivity index is 2.16. The lowest BCUT2D eigenvalue weighted by atomic mass is 9.78. The summed E-state index contributed by atoms with van der Waals surface area (Å²) in [5.41, 5.74) is 4.90. The summed E-state index contributed by atoms with van der Waals surface area (Å²) in [6, 6.07) is 4.13. The minimum Gasteiger partial charge on any atom is -0.496 e. The van der Waals surface area contributed by atoms with Crippen molar-refractivity contribution < 1.29 is 9.53 Å². The summed E-state index contributed by atoms with van der Waals surface area (Å²) >= 11 is 0. The quantitative estimate of drug-likeness (QED) is 0.879. The number of carbonyl (C=O) groups excluding carboxylic acids is 1. The molecule has 2 aliphatic rings. The van der Waals surface area contributed by atoms with E-state index in [2.05, 4.69) is 29.6 Å². The summed E-state index contributed by atoms with van der Waals surface area (Å²) in [6.07, 6.45) is 7.99. The molecule has 0 saturated heterocycles. The van der Waals surface area contributed by atoms with Gasteiger partial charge in [0.1, 0.15) is 5.75 Å². The Morgan fingerprint density at radius 2 is 2.26 bits per heavy atom. The average molecular weight is 255 g/mol. The van der Waals surface area contributed by atoms with Crippen LogP contribution in [0.25, 0.3) is 5.57 Å². The van der Waals surface area contributed by atoms with Crippen LogP contribution >= 0.6 is 0 Å². The molecular formula is C16H17NO2. The predicted molar refractivity (Wildman–Crippen MR) is 75.1 cm³/mol. The molecule has 0 saturated carbocycles. The molecule has 1 amide bonds. The number of allylic oxidation sites excluding steroid dienone is 3. The topological polar surface area (TPSA) is 38.3 Å². The highest BCUT2D eigenvalue weighted by Gasteiger charge is 2.28. The second-order valence-corrected chi connectivity index (χ2v) is 4.93. The van der Waals surface area contributed by atoms with E-state index in [1.54, 1.807) is 14.2 Å². The Bertz CT molecular complexity index is 599. The maximum Gasteiger partial charge on any atom is 0.227 e. The minimum absolute atomic E-state index is 0.0598.